The van der Waals surface area contributed by atoms with Gasteiger partial charge in [0.25, 0.3) is 0 Å². The lowest BCUT2D eigenvalue weighted by Gasteiger charge is -2.57. The van der Waals surface area contributed by atoms with Gasteiger partial charge in [0.1, 0.15) is 0 Å². The lowest BCUT2D eigenvalue weighted by Crippen LogP contribution is -2.50. The van der Waals surface area contributed by atoms with Gasteiger partial charge in [0.05, 0.1) is 0 Å². The van der Waals surface area contributed by atoms with E-state index < -0.39 is 0 Å². The molecule has 4 fully saturated rings. The van der Waals surface area contributed by atoms with Crippen molar-refractivity contribution in [1.29, 1.82) is 0 Å². The molecule has 0 aliphatic heterocycles. The van der Waals surface area contributed by atoms with Crippen molar-refractivity contribution in [3.8, 4) is 0 Å². The largest absolute Gasteiger partial charge is 0.0628 e. The SMILES string of the molecule is CC(C)CCC[C@@H](C)[C@H]1CC[C@@]2(C)[C@@H]3CCC4[C@H](CCCC4(C)C)C[C@H]3CC[C@]12C. The molecule has 4 saturated carbocycles. The highest BCUT2D eigenvalue weighted by molar-refractivity contribution is 5.11. The molecule has 8 atom stereocenters. The summed E-state index contributed by atoms with van der Waals surface area (Å²) in [5.41, 5.74) is 1.82. The molecule has 0 aromatic rings. The maximum absolute atomic E-state index is 2.78. The van der Waals surface area contributed by atoms with Crippen LogP contribution in [0.2, 0.25) is 0 Å². The third-order valence-corrected chi connectivity index (χ3v) is 12.0. The molecule has 0 aromatic heterocycles. The molecule has 0 N–H and O–H groups in total. The van der Waals surface area contributed by atoms with Crippen LogP contribution in [0.1, 0.15) is 132 Å². The van der Waals surface area contributed by atoms with E-state index in [1.165, 1.54) is 51.4 Å². The summed E-state index contributed by atoms with van der Waals surface area (Å²) < 4.78 is 0. The first kappa shape index (κ1) is 23.2. The third kappa shape index (κ3) is 3.83. The molecule has 0 nitrogen and oxygen atoms in total. The zero-order valence-electron chi connectivity index (χ0n) is 21.7. The monoisotopic (exact) mass is 414 g/mol. The minimum Gasteiger partial charge on any atom is -0.0628 e. The molecule has 174 valence electrons. The average Bonchev–Trinajstić information content (AvgIpc) is 2.81. The molecule has 0 radical (unpaired) electrons. The minimum atomic E-state index is 0.601. The highest BCUT2D eigenvalue weighted by Gasteiger charge is 2.62. The van der Waals surface area contributed by atoms with E-state index in [1.807, 2.05) is 0 Å². The molecule has 4 aliphatic carbocycles. The molecule has 0 heterocycles. The zero-order valence-corrected chi connectivity index (χ0v) is 21.7. The Kier molecular flexibility index (Phi) is 6.49. The zero-order chi connectivity index (χ0) is 21.7. The molecule has 0 spiro atoms. The summed E-state index contributed by atoms with van der Waals surface area (Å²) in [7, 11) is 0. The molecular formula is C30H54. The van der Waals surface area contributed by atoms with Gasteiger partial charge in [0.15, 0.2) is 0 Å². The molecule has 0 saturated heterocycles. The van der Waals surface area contributed by atoms with Crippen molar-refractivity contribution in [2.75, 3.05) is 0 Å². The predicted octanol–water partition coefficient (Wildman–Crippen LogP) is 9.52. The third-order valence-electron chi connectivity index (χ3n) is 12.0. The Morgan fingerprint density at radius 2 is 1.37 bits per heavy atom. The van der Waals surface area contributed by atoms with Crippen LogP contribution in [0.15, 0.2) is 0 Å². The van der Waals surface area contributed by atoms with Crippen LogP contribution in [0.3, 0.4) is 0 Å². The fourth-order valence-corrected chi connectivity index (χ4v) is 10.1. The van der Waals surface area contributed by atoms with Crippen molar-refractivity contribution in [2.24, 2.45) is 57.7 Å². The number of hydrogen-bond donors (Lipinski definition) is 0. The normalized spacial score (nSPS) is 46.6. The Morgan fingerprint density at radius 3 is 2.10 bits per heavy atom. The highest BCUT2D eigenvalue weighted by atomic mass is 14.7. The first-order chi connectivity index (χ1) is 14.1. The summed E-state index contributed by atoms with van der Waals surface area (Å²) in [4.78, 5) is 0. The summed E-state index contributed by atoms with van der Waals surface area (Å²) in [6.45, 7) is 18.2. The Hall–Kier alpha value is 0. The van der Waals surface area contributed by atoms with Crippen molar-refractivity contribution in [3.63, 3.8) is 0 Å². The quantitative estimate of drug-likeness (QED) is 0.420. The van der Waals surface area contributed by atoms with Crippen LogP contribution in [0, 0.1) is 57.7 Å². The van der Waals surface area contributed by atoms with Crippen LogP contribution in [0.25, 0.3) is 0 Å². The lowest BCUT2D eigenvalue weighted by molar-refractivity contribution is -0.0814. The van der Waals surface area contributed by atoms with E-state index in [-0.39, 0.29) is 0 Å². The van der Waals surface area contributed by atoms with E-state index in [1.54, 1.807) is 32.1 Å². The standard InChI is InChI=1S/C30H54/c1-21(2)10-8-11-22(3)25-16-19-30(7)27-14-13-26-23(12-9-17-28(26,4)5)20-24(27)15-18-29(25,30)6/h21-27H,8-20H2,1-7H3/t22-,23-,24-,25-,26?,27-,29-,30+/m1/s1. The lowest BCUT2D eigenvalue weighted by atomic mass is 9.48. The first-order valence-corrected chi connectivity index (χ1v) is 14.1. The van der Waals surface area contributed by atoms with Crippen LogP contribution in [0.5, 0.6) is 0 Å². The fraction of sp³-hybridized carbons (Fsp3) is 1.00. The number of hydrogen-bond acceptors (Lipinski definition) is 0. The van der Waals surface area contributed by atoms with Gasteiger partial charge in [-0.05, 0) is 109 Å². The van der Waals surface area contributed by atoms with Crippen molar-refractivity contribution in [3.05, 3.63) is 0 Å². The van der Waals surface area contributed by atoms with Crippen LogP contribution < -0.4 is 0 Å². The van der Waals surface area contributed by atoms with Gasteiger partial charge in [-0.2, -0.15) is 0 Å². The van der Waals surface area contributed by atoms with E-state index >= 15 is 0 Å². The number of rotatable bonds is 5. The Morgan fingerprint density at radius 1 is 0.700 bits per heavy atom. The molecule has 0 heteroatoms. The van der Waals surface area contributed by atoms with Crippen molar-refractivity contribution in [1.82, 2.24) is 0 Å². The fourth-order valence-electron chi connectivity index (χ4n) is 10.1. The molecule has 4 aliphatic rings. The average molecular weight is 415 g/mol. The second-order valence-corrected chi connectivity index (χ2v) is 14.2. The topological polar surface area (TPSA) is 0 Å². The Balaban J connectivity index is 1.51. The van der Waals surface area contributed by atoms with Gasteiger partial charge < -0.3 is 0 Å². The van der Waals surface area contributed by atoms with Gasteiger partial charge in [0.2, 0.25) is 0 Å². The number of fused-ring (bicyclic) bond motifs is 4. The van der Waals surface area contributed by atoms with E-state index in [9.17, 15) is 0 Å². The van der Waals surface area contributed by atoms with E-state index in [0.717, 1.165) is 41.4 Å². The van der Waals surface area contributed by atoms with Crippen LogP contribution in [0.4, 0.5) is 0 Å². The molecule has 0 amide bonds. The van der Waals surface area contributed by atoms with Crippen molar-refractivity contribution in [2.45, 2.75) is 132 Å². The molecule has 1 unspecified atom stereocenters. The van der Waals surface area contributed by atoms with Gasteiger partial charge in [-0.15, -0.1) is 0 Å². The van der Waals surface area contributed by atoms with Gasteiger partial charge in [-0.3, -0.25) is 0 Å². The highest BCUT2D eigenvalue weighted by Crippen LogP contribution is 2.70. The first-order valence-electron chi connectivity index (χ1n) is 14.1. The molecule has 0 bridgehead atoms. The Labute approximate surface area is 189 Å². The van der Waals surface area contributed by atoms with E-state index in [2.05, 4.69) is 48.5 Å². The summed E-state index contributed by atoms with van der Waals surface area (Å²) >= 11 is 0. The smallest absolute Gasteiger partial charge is 0.0238 e. The predicted molar refractivity (Wildman–Crippen MR) is 131 cm³/mol. The van der Waals surface area contributed by atoms with Crippen molar-refractivity contribution >= 4 is 0 Å². The van der Waals surface area contributed by atoms with Crippen molar-refractivity contribution < 1.29 is 0 Å². The summed E-state index contributed by atoms with van der Waals surface area (Å²) in [6.07, 6.45) is 19.7. The Bertz CT molecular complexity index is 587. The van der Waals surface area contributed by atoms with Crippen LogP contribution in [-0.4, -0.2) is 0 Å². The molecule has 0 aromatic carbocycles. The molecule has 30 heavy (non-hydrogen) atoms. The van der Waals surface area contributed by atoms with Crippen LogP contribution in [-0.2, 0) is 0 Å². The van der Waals surface area contributed by atoms with Gasteiger partial charge in [-0.1, -0.05) is 80.6 Å². The second-order valence-electron chi connectivity index (χ2n) is 14.2. The summed E-state index contributed by atoms with van der Waals surface area (Å²) in [6, 6.07) is 0. The maximum atomic E-state index is 2.78. The van der Waals surface area contributed by atoms with Gasteiger partial charge in [0, 0.05) is 0 Å². The van der Waals surface area contributed by atoms with Gasteiger partial charge in [-0.25, -0.2) is 0 Å². The maximum Gasteiger partial charge on any atom is -0.0238 e. The van der Waals surface area contributed by atoms with Gasteiger partial charge >= 0.3 is 0 Å². The minimum absolute atomic E-state index is 0.601. The van der Waals surface area contributed by atoms with Crippen LogP contribution >= 0.6 is 0 Å². The summed E-state index contributed by atoms with van der Waals surface area (Å²) in [5, 5.41) is 0. The second kappa shape index (κ2) is 8.41. The van der Waals surface area contributed by atoms with E-state index in [4.69, 9.17) is 0 Å². The van der Waals surface area contributed by atoms with E-state index in [0.29, 0.717) is 16.2 Å². The molecular weight excluding hydrogens is 360 g/mol. The molecule has 4 rings (SSSR count). The summed E-state index contributed by atoms with van der Waals surface area (Å²) in [5.74, 6) is 6.91.